The van der Waals surface area contributed by atoms with Crippen molar-refractivity contribution in [3.8, 4) is 11.5 Å². The van der Waals surface area contributed by atoms with E-state index in [9.17, 15) is 9.59 Å². The van der Waals surface area contributed by atoms with Crippen LogP contribution in [-0.4, -0.2) is 61.0 Å². The zero-order chi connectivity index (χ0) is 16.0. The van der Waals surface area contributed by atoms with Gasteiger partial charge in [-0.1, -0.05) is 0 Å². The van der Waals surface area contributed by atoms with Crippen LogP contribution in [0.4, 0.5) is 0 Å². The third kappa shape index (κ3) is 2.42. The fourth-order valence-corrected chi connectivity index (χ4v) is 3.68. The Morgan fingerprint density at radius 1 is 1.13 bits per heavy atom. The van der Waals surface area contributed by atoms with Gasteiger partial charge in [0.15, 0.2) is 11.5 Å². The normalized spacial score (nSPS) is 26.2. The van der Waals surface area contributed by atoms with Gasteiger partial charge >= 0.3 is 0 Å². The Balaban J connectivity index is 1.58. The minimum Gasteiger partial charge on any atom is -0.486 e. The molecule has 0 spiro atoms. The summed E-state index contributed by atoms with van der Waals surface area (Å²) in [7, 11) is 1.84. The summed E-state index contributed by atoms with van der Waals surface area (Å²) < 4.78 is 11.1. The third-order valence-corrected chi connectivity index (χ3v) is 5.04. The summed E-state index contributed by atoms with van der Waals surface area (Å²) in [5, 5.41) is 0. The number of ether oxygens (including phenoxy) is 2. The SMILES string of the molecule is CN1C(=O)[C@@H]2CC[C@H]1CN(C(=O)c1ccc3c(c1)OCCO3)C2. The lowest BCUT2D eigenvalue weighted by atomic mass is 9.95. The molecule has 4 aliphatic heterocycles. The van der Waals surface area contributed by atoms with E-state index in [1.165, 1.54) is 0 Å². The van der Waals surface area contributed by atoms with E-state index in [4.69, 9.17) is 9.47 Å². The van der Waals surface area contributed by atoms with Gasteiger partial charge in [0.1, 0.15) is 13.2 Å². The van der Waals surface area contributed by atoms with Crippen LogP contribution in [0, 0.1) is 5.92 Å². The van der Waals surface area contributed by atoms with Gasteiger partial charge < -0.3 is 19.3 Å². The summed E-state index contributed by atoms with van der Waals surface area (Å²) in [5.41, 5.74) is 0.589. The molecule has 0 saturated carbocycles. The maximum atomic E-state index is 12.9. The van der Waals surface area contributed by atoms with Crippen LogP contribution >= 0.6 is 0 Å². The second-order valence-corrected chi connectivity index (χ2v) is 6.45. The zero-order valence-electron chi connectivity index (χ0n) is 13.2. The summed E-state index contributed by atoms with van der Waals surface area (Å²) in [6.07, 6.45) is 1.84. The van der Waals surface area contributed by atoms with Crippen molar-refractivity contribution < 1.29 is 19.1 Å². The Kier molecular flexibility index (Phi) is 3.39. The fourth-order valence-electron chi connectivity index (χ4n) is 3.68. The van der Waals surface area contributed by atoms with E-state index in [-0.39, 0.29) is 23.8 Å². The molecule has 6 heteroatoms. The molecule has 1 aromatic rings. The summed E-state index contributed by atoms with van der Waals surface area (Å²) in [6.45, 7) is 2.14. The molecule has 2 atom stereocenters. The van der Waals surface area contributed by atoms with E-state index >= 15 is 0 Å². The van der Waals surface area contributed by atoms with E-state index in [1.54, 1.807) is 18.2 Å². The molecule has 2 bridgehead atoms. The number of carbonyl (C=O) groups excluding carboxylic acids is 2. The monoisotopic (exact) mass is 316 g/mol. The molecule has 23 heavy (non-hydrogen) atoms. The number of nitrogens with zero attached hydrogens (tertiary/aromatic N) is 2. The van der Waals surface area contributed by atoms with E-state index in [1.807, 2.05) is 16.8 Å². The summed E-state index contributed by atoms with van der Waals surface area (Å²) in [6, 6.07) is 5.43. The molecule has 4 aliphatic rings. The lowest BCUT2D eigenvalue weighted by Crippen LogP contribution is -2.45. The number of likely N-dealkylation sites (N-methyl/N-ethyl adjacent to an activating group) is 1. The van der Waals surface area contributed by atoms with Crippen LogP contribution in [0.5, 0.6) is 11.5 Å². The van der Waals surface area contributed by atoms with Gasteiger partial charge in [-0.3, -0.25) is 9.59 Å². The van der Waals surface area contributed by atoms with E-state index in [0.717, 1.165) is 12.8 Å². The molecule has 0 unspecified atom stereocenters. The number of fused-ring (bicyclic) bond motifs is 5. The van der Waals surface area contributed by atoms with Crippen molar-refractivity contribution in [2.75, 3.05) is 33.4 Å². The average Bonchev–Trinajstić information content (AvgIpc) is 2.87. The van der Waals surface area contributed by atoms with Gasteiger partial charge in [-0.25, -0.2) is 0 Å². The molecular weight excluding hydrogens is 296 g/mol. The summed E-state index contributed by atoms with van der Waals surface area (Å²) >= 11 is 0. The van der Waals surface area contributed by atoms with Crippen molar-refractivity contribution in [1.82, 2.24) is 9.80 Å². The largest absolute Gasteiger partial charge is 0.486 e. The number of rotatable bonds is 1. The van der Waals surface area contributed by atoms with Gasteiger partial charge in [-0.2, -0.15) is 0 Å². The molecule has 0 N–H and O–H groups in total. The van der Waals surface area contributed by atoms with E-state index in [0.29, 0.717) is 43.4 Å². The number of carbonyl (C=O) groups is 2. The fraction of sp³-hybridized carbons (Fsp3) is 0.529. The topological polar surface area (TPSA) is 59.1 Å². The first kappa shape index (κ1) is 14.4. The Hall–Kier alpha value is -2.24. The average molecular weight is 316 g/mol. The van der Waals surface area contributed by atoms with Crippen molar-refractivity contribution in [3.05, 3.63) is 23.8 Å². The van der Waals surface area contributed by atoms with Gasteiger partial charge in [0.05, 0.1) is 5.92 Å². The van der Waals surface area contributed by atoms with E-state index in [2.05, 4.69) is 0 Å². The van der Waals surface area contributed by atoms with Crippen LogP contribution in [0.1, 0.15) is 23.2 Å². The van der Waals surface area contributed by atoms with Gasteiger partial charge in [0.25, 0.3) is 5.91 Å². The standard InChI is InChI=1S/C17H20N2O4/c1-18-13-4-2-12(16(18)20)9-19(10-13)17(21)11-3-5-14-15(8-11)23-7-6-22-14/h3,5,8,12-13H,2,4,6-7,9-10H2,1H3/t12-,13+/m1/s1. The van der Waals surface area contributed by atoms with Crippen LogP contribution in [0.15, 0.2) is 18.2 Å². The maximum Gasteiger partial charge on any atom is 0.254 e. The van der Waals surface area contributed by atoms with Crippen LogP contribution < -0.4 is 9.47 Å². The molecule has 4 heterocycles. The second kappa shape index (κ2) is 5.44. The minimum absolute atomic E-state index is 0.0398. The molecule has 3 saturated heterocycles. The Morgan fingerprint density at radius 2 is 1.91 bits per heavy atom. The number of piperidine rings is 1. The highest BCUT2D eigenvalue weighted by atomic mass is 16.6. The Labute approximate surface area is 134 Å². The van der Waals surface area contributed by atoms with Crippen molar-refractivity contribution in [2.24, 2.45) is 5.92 Å². The van der Waals surface area contributed by atoms with Gasteiger partial charge in [0.2, 0.25) is 5.91 Å². The van der Waals surface area contributed by atoms with Crippen LogP contribution in [0.3, 0.4) is 0 Å². The first-order valence-electron chi connectivity index (χ1n) is 8.09. The molecule has 2 amide bonds. The summed E-state index contributed by atoms with van der Waals surface area (Å²) in [5.74, 6) is 1.35. The molecule has 0 radical (unpaired) electrons. The molecule has 3 fully saturated rings. The van der Waals surface area contributed by atoms with Crippen molar-refractivity contribution in [2.45, 2.75) is 18.9 Å². The van der Waals surface area contributed by atoms with Crippen LogP contribution in [-0.2, 0) is 4.79 Å². The first-order chi connectivity index (χ1) is 11.1. The predicted molar refractivity (Wildman–Crippen MR) is 82.6 cm³/mol. The predicted octanol–water partition coefficient (Wildman–Crippen LogP) is 1.15. The number of hydrogen-bond acceptors (Lipinski definition) is 4. The smallest absolute Gasteiger partial charge is 0.254 e. The number of benzene rings is 1. The quantitative estimate of drug-likeness (QED) is 0.780. The van der Waals surface area contributed by atoms with E-state index < -0.39 is 0 Å². The molecule has 0 aliphatic carbocycles. The lowest BCUT2D eigenvalue weighted by Gasteiger charge is -2.32. The second-order valence-electron chi connectivity index (χ2n) is 6.45. The van der Waals surface area contributed by atoms with Crippen molar-refractivity contribution >= 4 is 11.8 Å². The Morgan fingerprint density at radius 3 is 2.74 bits per heavy atom. The highest BCUT2D eigenvalue weighted by Crippen LogP contribution is 2.32. The number of amides is 2. The van der Waals surface area contributed by atoms with Gasteiger partial charge in [0, 0.05) is 31.7 Å². The molecular formula is C17H20N2O4. The number of hydrogen-bond donors (Lipinski definition) is 0. The van der Waals surface area contributed by atoms with Crippen molar-refractivity contribution in [3.63, 3.8) is 0 Å². The third-order valence-electron chi connectivity index (χ3n) is 5.04. The van der Waals surface area contributed by atoms with Gasteiger partial charge in [-0.05, 0) is 31.0 Å². The molecule has 5 rings (SSSR count). The molecule has 122 valence electrons. The first-order valence-corrected chi connectivity index (χ1v) is 8.09. The van der Waals surface area contributed by atoms with Crippen molar-refractivity contribution in [1.29, 1.82) is 0 Å². The lowest BCUT2D eigenvalue weighted by molar-refractivity contribution is -0.138. The molecule has 6 nitrogen and oxygen atoms in total. The maximum absolute atomic E-state index is 12.9. The molecule has 0 aromatic heterocycles. The molecule has 1 aromatic carbocycles. The highest BCUT2D eigenvalue weighted by molar-refractivity contribution is 5.95. The minimum atomic E-state index is -0.0695. The van der Waals surface area contributed by atoms with Gasteiger partial charge in [-0.15, -0.1) is 0 Å². The highest BCUT2D eigenvalue weighted by Gasteiger charge is 2.40. The van der Waals surface area contributed by atoms with Crippen LogP contribution in [0.25, 0.3) is 0 Å². The Bertz CT molecular complexity index is 660. The van der Waals surface area contributed by atoms with Crippen LogP contribution in [0.2, 0.25) is 0 Å². The zero-order valence-corrected chi connectivity index (χ0v) is 13.2. The summed E-state index contributed by atoms with van der Waals surface area (Å²) in [4.78, 5) is 28.8.